The average Bonchev–Trinajstić information content (AvgIpc) is 2.23. The monoisotopic (exact) mass is 272 g/mol. The van der Waals surface area contributed by atoms with Gasteiger partial charge in [-0.1, -0.05) is 17.7 Å². The molecule has 0 amide bonds. The van der Waals surface area contributed by atoms with Crippen molar-refractivity contribution in [1.29, 1.82) is 0 Å². The number of quaternary nitrogens is 1. The van der Waals surface area contributed by atoms with E-state index in [0.717, 1.165) is 29.4 Å². The molecule has 0 bridgehead atoms. The van der Waals surface area contributed by atoms with Gasteiger partial charge in [-0.05, 0) is 36.8 Å². The maximum absolute atomic E-state index is 6.04. The summed E-state index contributed by atoms with van der Waals surface area (Å²) in [5.41, 5.74) is 1.97. The summed E-state index contributed by atoms with van der Waals surface area (Å²) in [5.74, 6) is 0. The molecule has 0 spiro atoms. The molecule has 0 aliphatic heterocycles. The molecule has 0 saturated carbocycles. The first-order chi connectivity index (χ1) is 7.99. The zero-order chi connectivity index (χ0) is 12.8. The van der Waals surface area contributed by atoms with Crippen LogP contribution < -0.4 is 15.5 Å². The van der Waals surface area contributed by atoms with E-state index < -0.39 is 0 Å². The maximum Gasteiger partial charge on any atom is 0.170 e. The van der Waals surface area contributed by atoms with Crippen molar-refractivity contribution >= 4 is 34.6 Å². The first-order valence-corrected chi connectivity index (χ1v) is 6.37. The van der Waals surface area contributed by atoms with Crippen LogP contribution in [0.3, 0.4) is 0 Å². The van der Waals surface area contributed by atoms with Crippen LogP contribution in [0.4, 0.5) is 5.69 Å². The largest absolute Gasteiger partial charge is 0.357 e. The summed E-state index contributed by atoms with van der Waals surface area (Å²) in [6.45, 7) is 3.85. The lowest BCUT2D eigenvalue weighted by molar-refractivity contribution is -0.856. The Morgan fingerprint density at radius 3 is 2.71 bits per heavy atom. The Kier molecular flexibility index (Phi) is 5.68. The second kappa shape index (κ2) is 6.79. The zero-order valence-corrected chi connectivity index (χ0v) is 12.0. The molecule has 0 unspecified atom stereocenters. The molecule has 0 aliphatic rings. The van der Waals surface area contributed by atoms with E-state index in [1.54, 1.807) is 0 Å². The van der Waals surface area contributed by atoms with Crippen LogP contribution in [0.1, 0.15) is 5.56 Å². The Morgan fingerprint density at radius 1 is 1.41 bits per heavy atom. The summed E-state index contributed by atoms with van der Waals surface area (Å²) < 4.78 is 0. The third-order valence-corrected chi connectivity index (χ3v) is 2.99. The molecule has 0 radical (unpaired) electrons. The fourth-order valence-electron chi connectivity index (χ4n) is 1.27. The number of likely N-dealkylation sites (N-methyl/N-ethyl adjacent to an activating group) is 1. The number of thiocarbonyl (C=S) groups is 1. The number of hydrogen-bond donors (Lipinski definition) is 3. The number of hydrogen-bond acceptors (Lipinski definition) is 1. The van der Waals surface area contributed by atoms with E-state index in [2.05, 4.69) is 24.7 Å². The van der Waals surface area contributed by atoms with Crippen LogP contribution in [0.25, 0.3) is 0 Å². The second-order valence-electron chi connectivity index (χ2n) is 4.30. The van der Waals surface area contributed by atoms with Crippen molar-refractivity contribution in [2.75, 3.05) is 32.5 Å². The SMILES string of the molecule is Cc1ccc(NC(=S)NCC[NH+](C)C)cc1Cl. The Morgan fingerprint density at radius 2 is 2.12 bits per heavy atom. The quantitative estimate of drug-likeness (QED) is 0.717. The lowest BCUT2D eigenvalue weighted by Gasteiger charge is -2.12. The summed E-state index contributed by atoms with van der Waals surface area (Å²) in [5, 5.41) is 7.64. The molecule has 0 aliphatic carbocycles. The lowest BCUT2D eigenvalue weighted by atomic mass is 10.2. The van der Waals surface area contributed by atoms with Crippen molar-refractivity contribution < 1.29 is 4.90 Å². The second-order valence-corrected chi connectivity index (χ2v) is 5.12. The van der Waals surface area contributed by atoms with Crippen LogP contribution in [-0.2, 0) is 0 Å². The van der Waals surface area contributed by atoms with Gasteiger partial charge in [0.05, 0.1) is 27.2 Å². The van der Waals surface area contributed by atoms with Crippen LogP contribution in [0.5, 0.6) is 0 Å². The molecule has 3 nitrogen and oxygen atoms in total. The zero-order valence-electron chi connectivity index (χ0n) is 10.4. The predicted octanol–water partition coefficient (Wildman–Crippen LogP) is 1.08. The molecule has 0 heterocycles. The van der Waals surface area contributed by atoms with Gasteiger partial charge < -0.3 is 15.5 Å². The Hall–Kier alpha value is -0.840. The van der Waals surface area contributed by atoms with Gasteiger partial charge >= 0.3 is 0 Å². The minimum atomic E-state index is 0.631. The lowest BCUT2D eigenvalue weighted by Crippen LogP contribution is -3.06. The van der Waals surface area contributed by atoms with Gasteiger partial charge in [-0.2, -0.15) is 0 Å². The maximum atomic E-state index is 6.04. The summed E-state index contributed by atoms with van der Waals surface area (Å²) in [6.07, 6.45) is 0. The highest BCUT2D eigenvalue weighted by Gasteiger charge is 2.01. The summed E-state index contributed by atoms with van der Waals surface area (Å²) in [6, 6.07) is 5.81. The minimum Gasteiger partial charge on any atom is -0.357 e. The third-order valence-electron chi connectivity index (χ3n) is 2.34. The molecule has 17 heavy (non-hydrogen) atoms. The highest BCUT2D eigenvalue weighted by Crippen LogP contribution is 2.19. The molecule has 3 N–H and O–H groups in total. The molecule has 0 fully saturated rings. The van der Waals surface area contributed by atoms with E-state index in [1.807, 2.05) is 25.1 Å². The first-order valence-electron chi connectivity index (χ1n) is 5.59. The third kappa shape index (κ3) is 5.35. The molecule has 0 aromatic heterocycles. The average molecular weight is 273 g/mol. The molecule has 1 aromatic carbocycles. The van der Waals surface area contributed by atoms with Crippen molar-refractivity contribution in [1.82, 2.24) is 5.32 Å². The van der Waals surface area contributed by atoms with Gasteiger partial charge in [0.1, 0.15) is 0 Å². The van der Waals surface area contributed by atoms with E-state index in [0.29, 0.717) is 5.11 Å². The normalized spacial score (nSPS) is 10.4. The summed E-state index contributed by atoms with van der Waals surface area (Å²) in [7, 11) is 4.22. The van der Waals surface area contributed by atoms with Crippen molar-refractivity contribution in [3.8, 4) is 0 Å². The molecule has 94 valence electrons. The van der Waals surface area contributed by atoms with Crippen LogP contribution >= 0.6 is 23.8 Å². The Labute approximate surface area is 113 Å². The van der Waals surface area contributed by atoms with Gasteiger partial charge in [0.25, 0.3) is 0 Å². The number of halogens is 1. The summed E-state index contributed by atoms with van der Waals surface area (Å²) >= 11 is 11.2. The Balaban J connectivity index is 2.42. The van der Waals surface area contributed by atoms with Crippen molar-refractivity contribution in [3.05, 3.63) is 28.8 Å². The van der Waals surface area contributed by atoms with Crippen molar-refractivity contribution in [2.45, 2.75) is 6.92 Å². The van der Waals surface area contributed by atoms with Gasteiger partial charge in [-0.15, -0.1) is 0 Å². The molecule has 5 heteroatoms. The van der Waals surface area contributed by atoms with Gasteiger partial charge in [0.15, 0.2) is 5.11 Å². The van der Waals surface area contributed by atoms with E-state index in [4.69, 9.17) is 23.8 Å². The number of nitrogens with one attached hydrogen (secondary N) is 3. The highest BCUT2D eigenvalue weighted by molar-refractivity contribution is 7.80. The first kappa shape index (κ1) is 14.2. The van der Waals surface area contributed by atoms with Crippen LogP contribution in [0.15, 0.2) is 18.2 Å². The summed E-state index contributed by atoms with van der Waals surface area (Å²) in [4.78, 5) is 1.39. The standard InChI is InChI=1S/C12H18ClN3S/c1-9-4-5-10(8-11(9)13)15-12(17)14-6-7-16(2)3/h4-5,8H,6-7H2,1-3H3,(H2,14,15,17)/p+1. The highest BCUT2D eigenvalue weighted by atomic mass is 35.5. The van der Waals surface area contributed by atoms with E-state index in [9.17, 15) is 0 Å². The predicted molar refractivity (Wildman–Crippen MR) is 78.1 cm³/mol. The smallest absolute Gasteiger partial charge is 0.170 e. The fourth-order valence-corrected chi connectivity index (χ4v) is 1.67. The van der Waals surface area contributed by atoms with Gasteiger partial charge in [0.2, 0.25) is 0 Å². The fraction of sp³-hybridized carbons (Fsp3) is 0.417. The minimum absolute atomic E-state index is 0.631. The van der Waals surface area contributed by atoms with Gasteiger partial charge in [-0.25, -0.2) is 0 Å². The molecular formula is C12H19ClN3S+. The van der Waals surface area contributed by atoms with Crippen LogP contribution in [0, 0.1) is 6.92 Å². The molecule has 0 saturated heterocycles. The van der Waals surface area contributed by atoms with Crippen molar-refractivity contribution in [2.24, 2.45) is 0 Å². The number of benzene rings is 1. The number of anilines is 1. The topological polar surface area (TPSA) is 28.5 Å². The van der Waals surface area contributed by atoms with E-state index in [1.165, 1.54) is 4.90 Å². The number of aryl methyl sites for hydroxylation is 1. The Bertz CT molecular complexity index is 393. The van der Waals surface area contributed by atoms with Gasteiger partial charge in [-0.3, -0.25) is 0 Å². The number of rotatable bonds is 4. The van der Waals surface area contributed by atoms with E-state index >= 15 is 0 Å². The van der Waals surface area contributed by atoms with Crippen molar-refractivity contribution in [3.63, 3.8) is 0 Å². The van der Waals surface area contributed by atoms with E-state index in [-0.39, 0.29) is 0 Å². The molecule has 1 rings (SSSR count). The molecule has 1 aromatic rings. The molecule has 0 atom stereocenters. The van der Waals surface area contributed by atoms with Crippen LogP contribution in [0.2, 0.25) is 5.02 Å². The van der Waals surface area contributed by atoms with Crippen LogP contribution in [-0.4, -0.2) is 32.3 Å². The molecular weight excluding hydrogens is 254 g/mol. The van der Waals surface area contributed by atoms with Gasteiger partial charge in [0, 0.05) is 10.7 Å².